The zero-order chi connectivity index (χ0) is 20.8. The Morgan fingerprint density at radius 2 is 2.10 bits per heavy atom. The lowest BCUT2D eigenvalue weighted by atomic mass is 10.0. The van der Waals surface area contributed by atoms with Crippen LogP contribution in [-0.4, -0.2) is 74.8 Å². The van der Waals surface area contributed by atoms with Crippen molar-refractivity contribution in [1.29, 1.82) is 0 Å². The molecule has 154 valence electrons. The first-order chi connectivity index (χ1) is 14.5. The van der Waals surface area contributed by atoms with Crippen molar-refractivity contribution in [3.63, 3.8) is 0 Å². The molecule has 1 aliphatic rings. The van der Waals surface area contributed by atoms with E-state index in [0.29, 0.717) is 35.1 Å². The van der Waals surface area contributed by atoms with E-state index < -0.39 is 6.17 Å². The number of halogens is 1. The molecule has 4 heterocycles. The van der Waals surface area contributed by atoms with Gasteiger partial charge in [-0.2, -0.15) is 10.1 Å². The molecule has 30 heavy (non-hydrogen) atoms. The number of fused-ring (bicyclic) bond motifs is 1. The molecular weight excluding hydrogens is 405 g/mol. The maximum atomic E-state index is 14.3. The molecule has 1 saturated heterocycles. The Bertz CT molecular complexity index is 1200. The maximum absolute atomic E-state index is 14.3. The fourth-order valence-electron chi connectivity index (χ4n) is 3.79. The number of rotatable bonds is 4. The Morgan fingerprint density at radius 3 is 2.80 bits per heavy atom. The van der Waals surface area contributed by atoms with Gasteiger partial charge in [0.05, 0.1) is 22.6 Å². The second-order valence-corrected chi connectivity index (χ2v) is 8.56. The minimum atomic E-state index is -0.917. The molecular formula is C20H20FN7OS. The third kappa shape index (κ3) is 3.27. The number of hydrogen-bond donors (Lipinski definition) is 2. The molecule has 2 atom stereocenters. The molecule has 1 aromatic carbocycles. The quantitative estimate of drug-likeness (QED) is 0.519. The molecule has 0 spiro atoms. The Labute approximate surface area is 176 Å². The van der Waals surface area contributed by atoms with Crippen LogP contribution in [0.25, 0.3) is 32.7 Å². The predicted octanol–water partition coefficient (Wildman–Crippen LogP) is 2.94. The average Bonchev–Trinajstić information content (AvgIpc) is 3.46. The normalized spacial score (nSPS) is 19.6. The number of thiazole rings is 1. The number of likely N-dealkylation sites (N-methyl/N-ethyl adjacent to an activating group) is 2. The molecule has 3 aromatic heterocycles. The van der Waals surface area contributed by atoms with Crippen molar-refractivity contribution < 1.29 is 9.50 Å². The van der Waals surface area contributed by atoms with E-state index in [-0.39, 0.29) is 11.8 Å². The molecule has 5 rings (SSSR count). The molecule has 2 N–H and O–H groups in total. The summed E-state index contributed by atoms with van der Waals surface area (Å²) in [5.41, 5.74) is 3.39. The van der Waals surface area contributed by atoms with E-state index in [4.69, 9.17) is 0 Å². The lowest BCUT2D eigenvalue weighted by Gasteiger charge is -2.24. The second-order valence-electron chi connectivity index (χ2n) is 7.55. The van der Waals surface area contributed by atoms with Crippen LogP contribution < -0.4 is 4.90 Å². The van der Waals surface area contributed by atoms with E-state index in [1.807, 2.05) is 42.1 Å². The van der Waals surface area contributed by atoms with Gasteiger partial charge in [0, 0.05) is 37.5 Å². The summed E-state index contributed by atoms with van der Waals surface area (Å²) in [6.45, 7) is 1.08. The Morgan fingerprint density at radius 1 is 1.23 bits per heavy atom. The number of phenols is 1. The van der Waals surface area contributed by atoms with E-state index in [1.165, 1.54) is 11.3 Å². The van der Waals surface area contributed by atoms with Gasteiger partial charge in [0.2, 0.25) is 0 Å². The summed E-state index contributed by atoms with van der Waals surface area (Å²) < 4.78 is 15.2. The highest BCUT2D eigenvalue weighted by Gasteiger charge is 2.35. The SMILES string of the molecule is CN1C[C@H](F)[C@@H](N(C)c2nc3nnc(-c4ccc(-c5cn[nH]c5)cc4O)cc3s2)C1. The number of aromatic nitrogens is 5. The smallest absolute Gasteiger partial charge is 0.194 e. The number of likely N-dealkylation sites (tertiary alicyclic amines) is 1. The fraction of sp³-hybridized carbons (Fsp3) is 0.300. The molecule has 10 heteroatoms. The zero-order valence-electron chi connectivity index (χ0n) is 16.4. The summed E-state index contributed by atoms with van der Waals surface area (Å²) in [6.07, 6.45) is 2.54. The number of H-pyrrole nitrogens is 1. The van der Waals surface area contributed by atoms with Crippen LogP contribution in [0.15, 0.2) is 36.7 Å². The number of hydrogen-bond acceptors (Lipinski definition) is 8. The van der Waals surface area contributed by atoms with Crippen molar-refractivity contribution in [1.82, 2.24) is 30.3 Å². The van der Waals surface area contributed by atoms with Crippen molar-refractivity contribution in [2.45, 2.75) is 12.2 Å². The van der Waals surface area contributed by atoms with E-state index >= 15 is 0 Å². The highest BCUT2D eigenvalue weighted by molar-refractivity contribution is 7.22. The molecule has 0 aliphatic carbocycles. The summed E-state index contributed by atoms with van der Waals surface area (Å²) in [5, 5.41) is 26.4. The van der Waals surface area contributed by atoms with Crippen LogP contribution in [0.5, 0.6) is 5.75 Å². The molecule has 8 nitrogen and oxygen atoms in total. The van der Waals surface area contributed by atoms with Crippen molar-refractivity contribution in [3.05, 3.63) is 36.7 Å². The van der Waals surface area contributed by atoms with Crippen molar-refractivity contribution in [2.24, 2.45) is 0 Å². The van der Waals surface area contributed by atoms with Crippen molar-refractivity contribution >= 4 is 26.8 Å². The number of aromatic hydroxyl groups is 1. The van der Waals surface area contributed by atoms with Crippen LogP contribution in [0, 0.1) is 0 Å². The number of anilines is 1. The van der Waals surface area contributed by atoms with Gasteiger partial charge in [-0.1, -0.05) is 17.4 Å². The van der Waals surface area contributed by atoms with Crippen LogP contribution in [-0.2, 0) is 0 Å². The molecule has 4 aromatic rings. The Kier molecular flexibility index (Phi) is 4.59. The molecule has 1 aliphatic heterocycles. The van der Waals surface area contributed by atoms with E-state index in [0.717, 1.165) is 15.8 Å². The molecule has 0 bridgehead atoms. The Balaban J connectivity index is 1.46. The fourth-order valence-corrected chi connectivity index (χ4v) is 4.74. The van der Waals surface area contributed by atoms with Crippen LogP contribution >= 0.6 is 11.3 Å². The topological polar surface area (TPSA) is 94.1 Å². The first-order valence-corrected chi connectivity index (χ1v) is 10.3. The number of phenolic OH excluding ortho intramolecular Hbond substituents is 1. The average molecular weight is 425 g/mol. The number of aromatic amines is 1. The summed E-state index contributed by atoms with van der Waals surface area (Å²) in [5.74, 6) is 0.110. The van der Waals surface area contributed by atoms with E-state index in [9.17, 15) is 9.50 Å². The number of benzene rings is 1. The molecule has 0 amide bonds. The summed E-state index contributed by atoms with van der Waals surface area (Å²) in [7, 11) is 3.78. The highest BCUT2D eigenvalue weighted by Crippen LogP contribution is 2.35. The van der Waals surface area contributed by atoms with Crippen LogP contribution in [0.1, 0.15) is 0 Å². The van der Waals surface area contributed by atoms with Gasteiger partial charge in [-0.15, -0.1) is 10.2 Å². The standard InChI is InChI=1S/C20H20FN7OS/c1-27-9-14(21)16(10-27)28(2)20-24-19-18(30-20)6-15(25-26-19)13-4-3-11(5-17(13)29)12-7-22-23-8-12/h3-8,14,16,29H,9-10H2,1-2H3,(H,22,23)/t14-,16-/m0/s1. The van der Waals surface area contributed by atoms with Gasteiger partial charge in [-0.05, 0) is 30.8 Å². The van der Waals surface area contributed by atoms with E-state index in [1.54, 1.807) is 18.5 Å². The van der Waals surface area contributed by atoms with Gasteiger partial charge in [-0.25, -0.2) is 4.39 Å². The molecule has 0 radical (unpaired) electrons. The predicted molar refractivity (Wildman–Crippen MR) is 114 cm³/mol. The monoisotopic (exact) mass is 425 g/mol. The third-order valence-electron chi connectivity index (χ3n) is 5.45. The van der Waals surface area contributed by atoms with Gasteiger partial charge < -0.3 is 14.9 Å². The molecule has 0 unspecified atom stereocenters. The van der Waals surface area contributed by atoms with Crippen LogP contribution in [0.4, 0.5) is 9.52 Å². The Hall–Kier alpha value is -3.11. The lowest BCUT2D eigenvalue weighted by Crippen LogP contribution is -2.39. The largest absolute Gasteiger partial charge is 0.507 e. The summed E-state index contributed by atoms with van der Waals surface area (Å²) >= 11 is 1.44. The lowest BCUT2D eigenvalue weighted by molar-refractivity contribution is 0.307. The van der Waals surface area contributed by atoms with Gasteiger partial charge >= 0.3 is 0 Å². The van der Waals surface area contributed by atoms with Gasteiger partial charge in [0.1, 0.15) is 11.9 Å². The third-order valence-corrected chi connectivity index (χ3v) is 6.53. The van der Waals surface area contributed by atoms with Gasteiger partial charge in [-0.3, -0.25) is 5.10 Å². The van der Waals surface area contributed by atoms with Crippen LogP contribution in [0.2, 0.25) is 0 Å². The minimum absolute atomic E-state index is 0.110. The molecule has 0 saturated carbocycles. The number of nitrogens with zero attached hydrogens (tertiary/aromatic N) is 6. The number of alkyl halides is 1. The van der Waals surface area contributed by atoms with E-state index in [2.05, 4.69) is 25.4 Å². The van der Waals surface area contributed by atoms with Gasteiger partial charge in [0.15, 0.2) is 10.8 Å². The van der Waals surface area contributed by atoms with Crippen molar-refractivity contribution in [3.8, 4) is 28.1 Å². The van der Waals surface area contributed by atoms with Crippen LogP contribution in [0.3, 0.4) is 0 Å². The zero-order valence-corrected chi connectivity index (χ0v) is 17.3. The maximum Gasteiger partial charge on any atom is 0.194 e. The molecule has 1 fully saturated rings. The number of nitrogens with one attached hydrogen (secondary N) is 1. The minimum Gasteiger partial charge on any atom is -0.507 e. The summed E-state index contributed by atoms with van der Waals surface area (Å²) in [4.78, 5) is 8.40. The first-order valence-electron chi connectivity index (χ1n) is 9.52. The summed E-state index contributed by atoms with van der Waals surface area (Å²) in [6, 6.07) is 7.01. The first kappa shape index (κ1) is 18.9. The second kappa shape index (κ2) is 7.29. The van der Waals surface area contributed by atoms with Gasteiger partial charge in [0.25, 0.3) is 0 Å². The van der Waals surface area contributed by atoms with Crippen molar-refractivity contribution in [2.75, 3.05) is 32.1 Å². The highest BCUT2D eigenvalue weighted by atomic mass is 32.1.